The fraction of sp³-hybridized carbons (Fsp3) is 0.412. The summed E-state index contributed by atoms with van der Waals surface area (Å²) in [5.74, 6) is 1.37. The number of carbonyl (C=O) groups is 2. The normalized spacial score (nSPS) is 21.6. The van der Waals surface area contributed by atoms with Crippen LogP contribution < -0.4 is 14.5 Å². The van der Waals surface area contributed by atoms with Crippen LogP contribution in [0.25, 0.3) is 11.1 Å². The molecule has 0 radical (unpaired) electrons. The van der Waals surface area contributed by atoms with E-state index >= 15 is 0 Å². The Balaban J connectivity index is 1.12. The Bertz CT molecular complexity index is 1500. The summed E-state index contributed by atoms with van der Waals surface area (Å²) in [7, 11) is 2.19. The third kappa shape index (κ3) is 4.03. The number of aryl methyl sites for hydroxylation is 1. The summed E-state index contributed by atoms with van der Waals surface area (Å²) in [4.78, 5) is 32.5. The van der Waals surface area contributed by atoms with Crippen LogP contribution in [0.3, 0.4) is 0 Å². The van der Waals surface area contributed by atoms with Crippen LogP contribution in [-0.2, 0) is 16.6 Å². The van der Waals surface area contributed by atoms with Crippen molar-refractivity contribution in [1.29, 1.82) is 0 Å². The van der Waals surface area contributed by atoms with Crippen LogP contribution in [0.2, 0.25) is 0 Å². The van der Waals surface area contributed by atoms with Crippen molar-refractivity contribution >= 4 is 23.2 Å². The van der Waals surface area contributed by atoms with Crippen LogP contribution in [0, 0.1) is 12.8 Å². The van der Waals surface area contributed by atoms with Gasteiger partial charge in [0.25, 0.3) is 5.91 Å². The first-order valence-corrected chi connectivity index (χ1v) is 14.7. The molecule has 2 amide bonds. The highest BCUT2D eigenvalue weighted by Crippen LogP contribution is 2.49. The first-order valence-electron chi connectivity index (χ1n) is 14.7. The molecule has 6 heteroatoms. The molecule has 4 aliphatic rings. The summed E-state index contributed by atoms with van der Waals surface area (Å²) >= 11 is 0. The van der Waals surface area contributed by atoms with Crippen LogP contribution in [0.1, 0.15) is 53.2 Å². The maximum absolute atomic E-state index is 13.7. The highest BCUT2D eigenvalue weighted by molar-refractivity contribution is 6.07. The Hall–Kier alpha value is -3.64. The van der Waals surface area contributed by atoms with Crippen molar-refractivity contribution in [2.24, 2.45) is 5.92 Å². The molecule has 0 saturated carbocycles. The first-order chi connectivity index (χ1) is 19.3. The van der Waals surface area contributed by atoms with Crippen LogP contribution in [0.5, 0.6) is 5.75 Å². The van der Waals surface area contributed by atoms with Gasteiger partial charge >= 0.3 is 0 Å². The van der Waals surface area contributed by atoms with Gasteiger partial charge in [0.15, 0.2) is 0 Å². The lowest BCUT2D eigenvalue weighted by atomic mass is 9.74. The Morgan fingerprint density at radius 2 is 1.75 bits per heavy atom. The first kappa shape index (κ1) is 25.3. The SMILES string of the molecule is Cc1cc(N2CC[C@@H](C)C2=O)ccc1-c1ccc(C(=O)N2CCc3cc4c(cc32)C2(CCN(C)CC2)CO4)cc1. The molecule has 6 nitrogen and oxygen atoms in total. The second-order valence-electron chi connectivity index (χ2n) is 12.3. The van der Waals surface area contributed by atoms with Crippen LogP contribution in [0.15, 0.2) is 54.6 Å². The van der Waals surface area contributed by atoms with E-state index in [2.05, 4.69) is 43.1 Å². The van der Waals surface area contributed by atoms with Crippen molar-refractivity contribution in [3.63, 3.8) is 0 Å². The number of anilines is 2. The molecule has 4 heterocycles. The summed E-state index contributed by atoms with van der Waals surface area (Å²) in [5.41, 5.74) is 8.60. The molecule has 40 heavy (non-hydrogen) atoms. The van der Waals surface area contributed by atoms with E-state index in [-0.39, 0.29) is 23.1 Å². The zero-order valence-electron chi connectivity index (χ0n) is 23.7. The summed E-state index contributed by atoms with van der Waals surface area (Å²) < 4.78 is 6.20. The lowest BCUT2D eigenvalue weighted by Gasteiger charge is -2.37. The Kier molecular flexibility index (Phi) is 6.00. The monoisotopic (exact) mass is 535 g/mol. The smallest absolute Gasteiger partial charge is 0.258 e. The van der Waals surface area contributed by atoms with E-state index in [0.29, 0.717) is 12.1 Å². The molecule has 0 N–H and O–H groups in total. The van der Waals surface area contributed by atoms with E-state index in [9.17, 15) is 9.59 Å². The standard InChI is InChI=1S/C34H37N3O3/c1-22-10-14-36(32(22)38)27-8-9-28(23(2)18-27)24-4-6-25(7-5-24)33(39)37-15-11-26-19-31-29(20-30(26)37)34(21-40-31)12-16-35(3)17-13-34/h4-9,18-20,22H,10-17,21H2,1-3H3/t22-/m1/s1. The van der Waals surface area contributed by atoms with Crippen molar-refractivity contribution in [2.45, 2.75) is 44.9 Å². The molecule has 3 aromatic carbocycles. The topological polar surface area (TPSA) is 53.1 Å². The maximum Gasteiger partial charge on any atom is 0.258 e. The van der Waals surface area contributed by atoms with E-state index < -0.39 is 0 Å². The quantitative estimate of drug-likeness (QED) is 0.439. The van der Waals surface area contributed by atoms with Gasteiger partial charge in [0, 0.05) is 46.9 Å². The Labute approximate surface area is 236 Å². The van der Waals surface area contributed by atoms with Crippen molar-refractivity contribution in [3.8, 4) is 16.9 Å². The molecule has 1 spiro atoms. The van der Waals surface area contributed by atoms with E-state index in [1.807, 2.05) is 47.1 Å². The summed E-state index contributed by atoms with van der Waals surface area (Å²) in [6.07, 6.45) is 3.96. The third-order valence-corrected chi connectivity index (χ3v) is 9.78. The van der Waals surface area contributed by atoms with Gasteiger partial charge in [-0.3, -0.25) is 9.59 Å². The number of nitrogens with zero attached hydrogens (tertiary/aromatic N) is 3. The van der Waals surface area contributed by atoms with Gasteiger partial charge in [0.1, 0.15) is 5.75 Å². The van der Waals surface area contributed by atoms with Gasteiger partial charge in [-0.15, -0.1) is 0 Å². The number of hydrogen-bond acceptors (Lipinski definition) is 4. The van der Waals surface area contributed by atoms with Gasteiger partial charge in [-0.25, -0.2) is 0 Å². The zero-order valence-corrected chi connectivity index (χ0v) is 23.7. The zero-order chi connectivity index (χ0) is 27.6. The number of hydrogen-bond donors (Lipinski definition) is 0. The van der Waals surface area contributed by atoms with Gasteiger partial charge in [-0.1, -0.05) is 25.1 Å². The number of fused-ring (bicyclic) bond motifs is 3. The number of rotatable bonds is 3. The highest BCUT2D eigenvalue weighted by atomic mass is 16.5. The minimum absolute atomic E-state index is 0.0512. The molecule has 0 unspecified atom stereocenters. The number of ether oxygens (including phenoxy) is 1. The van der Waals surface area contributed by atoms with Crippen LogP contribution >= 0.6 is 0 Å². The fourth-order valence-electron chi connectivity index (χ4n) is 7.08. The Morgan fingerprint density at radius 3 is 2.45 bits per heavy atom. The number of benzene rings is 3. The summed E-state index contributed by atoms with van der Waals surface area (Å²) in [5, 5.41) is 0. The predicted octanol–water partition coefficient (Wildman–Crippen LogP) is 5.59. The van der Waals surface area contributed by atoms with Crippen molar-refractivity contribution in [1.82, 2.24) is 4.90 Å². The van der Waals surface area contributed by atoms with Crippen molar-refractivity contribution in [3.05, 3.63) is 76.9 Å². The molecule has 2 fully saturated rings. The summed E-state index contributed by atoms with van der Waals surface area (Å²) in [6, 6.07) is 18.7. The van der Waals surface area contributed by atoms with Gasteiger partial charge < -0.3 is 19.4 Å². The molecule has 4 aliphatic heterocycles. The molecule has 1 atom stereocenters. The fourth-order valence-corrected chi connectivity index (χ4v) is 7.08. The molecule has 0 bridgehead atoms. The van der Waals surface area contributed by atoms with Gasteiger partial charge in [-0.2, -0.15) is 0 Å². The molecule has 0 aliphatic carbocycles. The molecular formula is C34H37N3O3. The highest BCUT2D eigenvalue weighted by Gasteiger charge is 2.44. The second-order valence-corrected chi connectivity index (χ2v) is 12.3. The van der Waals surface area contributed by atoms with Gasteiger partial charge in [0.2, 0.25) is 5.91 Å². The summed E-state index contributed by atoms with van der Waals surface area (Å²) in [6.45, 7) is 8.47. The molecule has 0 aromatic heterocycles. The predicted molar refractivity (Wildman–Crippen MR) is 158 cm³/mol. The number of carbonyl (C=O) groups excluding carboxylic acids is 2. The average molecular weight is 536 g/mol. The number of amides is 2. The minimum atomic E-state index is 0.0512. The third-order valence-electron chi connectivity index (χ3n) is 9.78. The lowest BCUT2D eigenvalue weighted by molar-refractivity contribution is -0.119. The lowest BCUT2D eigenvalue weighted by Crippen LogP contribution is -2.42. The molecule has 3 aromatic rings. The largest absolute Gasteiger partial charge is 0.492 e. The van der Waals surface area contributed by atoms with E-state index in [4.69, 9.17) is 4.74 Å². The van der Waals surface area contributed by atoms with E-state index in [1.54, 1.807) is 0 Å². The van der Waals surface area contributed by atoms with Crippen molar-refractivity contribution in [2.75, 3.05) is 49.6 Å². The maximum atomic E-state index is 13.7. The Morgan fingerprint density at radius 1 is 0.975 bits per heavy atom. The molecular weight excluding hydrogens is 498 g/mol. The van der Waals surface area contributed by atoms with E-state index in [0.717, 1.165) is 85.7 Å². The van der Waals surface area contributed by atoms with Crippen LogP contribution in [-0.4, -0.2) is 56.5 Å². The average Bonchev–Trinajstić information content (AvgIpc) is 3.64. The van der Waals surface area contributed by atoms with Crippen molar-refractivity contribution < 1.29 is 14.3 Å². The second kappa shape index (κ2) is 9.48. The van der Waals surface area contributed by atoms with Gasteiger partial charge in [0.05, 0.1) is 6.61 Å². The minimum Gasteiger partial charge on any atom is -0.492 e. The molecule has 206 valence electrons. The molecule has 7 rings (SSSR count). The van der Waals surface area contributed by atoms with Crippen LogP contribution in [0.4, 0.5) is 11.4 Å². The number of piperidine rings is 1. The van der Waals surface area contributed by atoms with E-state index in [1.165, 1.54) is 11.1 Å². The van der Waals surface area contributed by atoms with Gasteiger partial charge in [-0.05, 0) is 111 Å². The number of likely N-dealkylation sites (tertiary alicyclic amines) is 1. The molecule has 2 saturated heterocycles.